The van der Waals surface area contributed by atoms with E-state index in [1.165, 1.54) is 32.4 Å². The molecule has 1 aliphatic rings. The first-order chi connectivity index (χ1) is 8.29. The van der Waals surface area contributed by atoms with Crippen molar-refractivity contribution in [2.45, 2.75) is 32.3 Å². The number of aliphatic hydroxyl groups excluding tert-OH is 1. The van der Waals surface area contributed by atoms with Crippen LogP contribution in [-0.2, 0) is 0 Å². The Morgan fingerprint density at radius 3 is 2.59 bits per heavy atom. The highest BCUT2D eigenvalue weighted by Gasteiger charge is 2.27. The molecule has 17 heavy (non-hydrogen) atoms. The van der Waals surface area contributed by atoms with Gasteiger partial charge < -0.3 is 10.0 Å². The molecule has 0 amide bonds. The molecule has 0 aromatic heterocycles. The number of nitrogens with one attached hydrogen (secondary N) is 1. The molecule has 2 nitrogen and oxygen atoms in total. The van der Waals surface area contributed by atoms with Crippen LogP contribution < -0.4 is 4.90 Å². The minimum atomic E-state index is -0.309. The van der Waals surface area contributed by atoms with E-state index in [0.29, 0.717) is 0 Å². The van der Waals surface area contributed by atoms with Gasteiger partial charge >= 0.3 is 0 Å². The zero-order valence-corrected chi connectivity index (χ0v) is 10.7. The van der Waals surface area contributed by atoms with Crippen molar-refractivity contribution in [3.05, 3.63) is 35.9 Å². The zero-order valence-electron chi connectivity index (χ0n) is 10.7. The Bertz CT molecular complexity index is 321. The minimum absolute atomic E-state index is 0.309. The first-order valence-electron chi connectivity index (χ1n) is 6.86. The molecular formula is C15H24NO+. The van der Waals surface area contributed by atoms with Crippen molar-refractivity contribution in [1.82, 2.24) is 0 Å². The van der Waals surface area contributed by atoms with Gasteiger partial charge in [0.15, 0.2) is 0 Å². The molecule has 0 heterocycles. The lowest BCUT2D eigenvalue weighted by Gasteiger charge is -2.22. The number of rotatable bonds is 7. The minimum Gasteiger partial charge on any atom is -0.382 e. The van der Waals surface area contributed by atoms with Crippen LogP contribution in [0.15, 0.2) is 30.3 Å². The SMILES string of the molecule is CCC[NH+](CC1CC1)C[C@H](O)c1ccccc1. The molecule has 1 aromatic rings. The molecule has 1 unspecified atom stereocenters. The molecule has 0 saturated heterocycles. The van der Waals surface area contributed by atoms with Crippen LogP contribution in [0.3, 0.4) is 0 Å². The summed E-state index contributed by atoms with van der Waals surface area (Å²) >= 11 is 0. The summed E-state index contributed by atoms with van der Waals surface area (Å²) in [7, 11) is 0. The topological polar surface area (TPSA) is 24.7 Å². The van der Waals surface area contributed by atoms with Gasteiger partial charge in [0.25, 0.3) is 0 Å². The van der Waals surface area contributed by atoms with E-state index in [1.54, 1.807) is 4.90 Å². The predicted octanol–water partition coefficient (Wildman–Crippen LogP) is 1.42. The predicted molar refractivity (Wildman–Crippen MR) is 70.0 cm³/mol. The summed E-state index contributed by atoms with van der Waals surface area (Å²) in [6.45, 7) is 5.51. The van der Waals surface area contributed by atoms with Gasteiger partial charge in [0.2, 0.25) is 0 Å². The number of benzene rings is 1. The maximum atomic E-state index is 10.2. The van der Waals surface area contributed by atoms with Gasteiger partial charge in [-0.15, -0.1) is 0 Å². The Morgan fingerprint density at radius 2 is 2.00 bits per heavy atom. The van der Waals surface area contributed by atoms with E-state index in [0.717, 1.165) is 18.0 Å². The fourth-order valence-electron chi connectivity index (χ4n) is 2.44. The summed E-state index contributed by atoms with van der Waals surface area (Å²) in [6, 6.07) is 10.0. The molecule has 2 rings (SSSR count). The Labute approximate surface area is 104 Å². The molecule has 1 fully saturated rings. The fraction of sp³-hybridized carbons (Fsp3) is 0.600. The summed E-state index contributed by atoms with van der Waals surface area (Å²) in [4.78, 5) is 1.56. The molecule has 0 aliphatic heterocycles. The van der Waals surface area contributed by atoms with Crippen LogP contribution in [0.2, 0.25) is 0 Å². The van der Waals surface area contributed by atoms with E-state index in [-0.39, 0.29) is 6.10 Å². The maximum absolute atomic E-state index is 10.2. The third-order valence-corrected chi connectivity index (χ3v) is 3.54. The summed E-state index contributed by atoms with van der Waals surface area (Å²) in [5.74, 6) is 0.930. The van der Waals surface area contributed by atoms with Gasteiger partial charge in [-0.3, -0.25) is 0 Å². The van der Waals surface area contributed by atoms with Gasteiger partial charge in [-0.1, -0.05) is 37.3 Å². The van der Waals surface area contributed by atoms with Crippen LogP contribution in [-0.4, -0.2) is 24.7 Å². The summed E-state index contributed by atoms with van der Waals surface area (Å²) in [5.41, 5.74) is 1.05. The van der Waals surface area contributed by atoms with E-state index in [2.05, 4.69) is 6.92 Å². The molecule has 94 valence electrons. The second-order valence-electron chi connectivity index (χ2n) is 5.28. The molecule has 0 radical (unpaired) electrons. The third kappa shape index (κ3) is 4.14. The molecule has 2 heteroatoms. The fourth-order valence-corrected chi connectivity index (χ4v) is 2.44. The highest BCUT2D eigenvalue weighted by atomic mass is 16.3. The summed E-state index contributed by atoms with van der Waals surface area (Å²) < 4.78 is 0. The van der Waals surface area contributed by atoms with E-state index < -0.39 is 0 Å². The van der Waals surface area contributed by atoms with Crippen LogP contribution in [0.5, 0.6) is 0 Å². The normalized spacial score (nSPS) is 18.9. The van der Waals surface area contributed by atoms with E-state index in [4.69, 9.17) is 0 Å². The largest absolute Gasteiger partial charge is 0.382 e. The first-order valence-corrected chi connectivity index (χ1v) is 6.86. The van der Waals surface area contributed by atoms with Crippen molar-refractivity contribution >= 4 is 0 Å². The maximum Gasteiger partial charge on any atom is 0.128 e. The lowest BCUT2D eigenvalue weighted by Crippen LogP contribution is -3.12. The summed E-state index contributed by atoms with van der Waals surface area (Å²) in [5, 5.41) is 10.2. The van der Waals surface area contributed by atoms with E-state index in [9.17, 15) is 5.11 Å². The van der Waals surface area contributed by atoms with Gasteiger partial charge in [0.05, 0.1) is 13.1 Å². The van der Waals surface area contributed by atoms with Crippen LogP contribution in [0.4, 0.5) is 0 Å². The van der Waals surface area contributed by atoms with Crippen molar-refractivity contribution in [2.75, 3.05) is 19.6 Å². The van der Waals surface area contributed by atoms with E-state index >= 15 is 0 Å². The van der Waals surface area contributed by atoms with Gasteiger partial charge in [0.1, 0.15) is 12.6 Å². The number of quaternary nitrogens is 1. The van der Waals surface area contributed by atoms with Gasteiger partial charge in [-0.25, -0.2) is 0 Å². The highest BCUT2D eigenvalue weighted by Crippen LogP contribution is 2.26. The number of hydrogen-bond acceptors (Lipinski definition) is 1. The molecule has 1 saturated carbocycles. The zero-order chi connectivity index (χ0) is 12.1. The molecule has 0 spiro atoms. The second-order valence-corrected chi connectivity index (χ2v) is 5.28. The van der Waals surface area contributed by atoms with Crippen molar-refractivity contribution in [3.8, 4) is 0 Å². The first kappa shape index (κ1) is 12.6. The molecule has 2 N–H and O–H groups in total. The van der Waals surface area contributed by atoms with Gasteiger partial charge in [-0.05, 0) is 24.8 Å². The van der Waals surface area contributed by atoms with Crippen molar-refractivity contribution in [1.29, 1.82) is 0 Å². The average Bonchev–Trinajstić information content (AvgIpc) is 3.14. The Kier molecular flexibility index (Phi) is 4.57. The molecule has 1 aromatic carbocycles. The van der Waals surface area contributed by atoms with Crippen LogP contribution >= 0.6 is 0 Å². The molecule has 0 bridgehead atoms. The smallest absolute Gasteiger partial charge is 0.128 e. The van der Waals surface area contributed by atoms with Crippen molar-refractivity contribution < 1.29 is 10.0 Å². The average molecular weight is 234 g/mol. The Morgan fingerprint density at radius 1 is 1.29 bits per heavy atom. The second kappa shape index (κ2) is 6.18. The third-order valence-electron chi connectivity index (χ3n) is 3.54. The lowest BCUT2D eigenvalue weighted by molar-refractivity contribution is -0.905. The Balaban J connectivity index is 1.87. The van der Waals surface area contributed by atoms with Crippen molar-refractivity contribution in [3.63, 3.8) is 0 Å². The quantitative estimate of drug-likeness (QED) is 0.733. The van der Waals surface area contributed by atoms with Crippen LogP contribution in [0, 0.1) is 5.92 Å². The number of hydrogen-bond donors (Lipinski definition) is 2. The van der Waals surface area contributed by atoms with Crippen molar-refractivity contribution in [2.24, 2.45) is 5.92 Å². The molecule has 1 aliphatic carbocycles. The highest BCUT2D eigenvalue weighted by molar-refractivity contribution is 5.17. The monoisotopic (exact) mass is 234 g/mol. The molecular weight excluding hydrogens is 210 g/mol. The lowest BCUT2D eigenvalue weighted by atomic mass is 10.1. The standard InChI is InChI=1S/C15H23NO/c1-2-10-16(11-13-8-9-13)12-15(17)14-6-4-3-5-7-14/h3-7,13,15,17H,2,8-12H2,1H3/p+1/t15-/m0/s1. The van der Waals surface area contributed by atoms with Gasteiger partial charge in [0, 0.05) is 5.92 Å². The van der Waals surface area contributed by atoms with Gasteiger partial charge in [-0.2, -0.15) is 0 Å². The number of aliphatic hydroxyl groups is 1. The van der Waals surface area contributed by atoms with E-state index in [1.807, 2.05) is 30.3 Å². The molecule has 2 atom stereocenters. The van der Waals surface area contributed by atoms with Crippen LogP contribution in [0.1, 0.15) is 37.9 Å². The Hall–Kier alpha value is -0.860. The summed E-state index contributed by atoms with van der Waals surface area (Å²) in [6.07, 6.45) is 3.68. The van der Waals surface area contributed by atoms with Crippen LogP contribution in [0.25, 0.3) is 0 Å².